The summed E-state index contributed by atoms with van der Waals surface area (Å²) in [4.78, 5) is 14.8. The Kier molecular flexibility index (Phi) is 8.41. The van der Waals surface area contributed by atoms with Crippen LogP contribution in [-0.4, -0.2) is 70.5 Å². The van der Waals surface area contributed by atoms with Crippen molar-refractivity contribution in [3.05, 3.63) is 23.8 Å². The molecule has 9 heteroatoms. The molecule has 180 valence electrons. The normalized spacial score (nSPS) is 26.4. The fourth-order valence-electron chi connectivity index (χ4n) is 4.34. The van der Waals surface area contributed by atoms with Crippen LogP contribution >= 0.6 is 0 Å². The molecule has 0 spiro atoms. The van der Waals surface area contributed by atoms with E-state index in [0.717, 1.165) is 25.8 Å². The summed E-state index contributed by atoms with van der Waals surface area (Å²) >= 11 is 0. The number of carbonyl (C=O) groups excluding carboxylic acids is 1. The first-order chi connectivity index (χ1) is 15.2. The van der Waals surface area contributed by atoms with Gasteiger partial charge in [-0.1, -0.05) is 26.2 Å². The fraction of sp³-hybridized carbons (Fsp3) is 0.696. The summed E-state index contributed by atoms with van der Waals surface area (Å²) in [7, 11) is -0.0789. The van der Waals surface area contributed by atoms with E-state index in [1.165, 1.54) is 0 Å². The Morgan fingerprint density at radius 1 is 1.19 bits per heavy atom. The molecule has 0 unspecified atom stereocenters. The summed E-state index contributed by atoms with van der Waals surface area (Å²) in [5.74, 6) is 0.409. The molecule has 8 nitrogen and oxygen atoms in total. The summed E-state index contributed by atoms with van der Waals surface area (Å²) in [6, 6.07) is 4.95. The highest BCUT2D eigenvalue weighted by Crippen LogP contribution is 2.29. The first-order valence-corrected chi connectivity index (χ1v) is 13.1. The second-order valence-electron chi connectivity index (χ2n) is 9.18. The highest BCUT2D eigenvalue weighted by molar-refractivity contribution is 7.93. The van der Waals surface area contributed by atoms with Crippen LogP contribution in [0.3, 0.4) is 0 Å². The second-order valence-corrected chi connectivity index (χ2v) is 11.1. The van der Waals surface area contributed by atoms with Gasteiger partial charge >= 0.3 is 0 Å². The Balaban J connectivity index is 1.86. The zero-order valence-electron chi connectivity index (χ0n) is 19.6. The van der Waals surface area contributed by atoms with E-state index in [4.69, 9.17) is 9.47 Å². The average Bonchev–Trinajstić information content (AvgIpc) is 2.78. The van der Waals surface area contributed by atoms with E-state index >= 15 is 0 Å². The molecule has 1 amide bonds. The van der Waals surface area contributed by atoms with E-state index in [2.05, 4.69) is 17.0 Å². The maximum Gasteiger partial charge on any atom is 0.257 e. The van der Waals surface area contributed by atoms with Crippen molar-refractivity contribution in [1.29, 1.82) is 0 Å². The largest absolute Gasteiger partial charge is 0.491 e. The molecule has 1 aromatic carbocycles. The average molecular weight is 468 g/mol. The Bertz CT molecular complexity index is 886. The van der Waals surface area contributed by atoms with Crippen molar-refractivity contribution < 1.29 is 22.7 Å². The Hall–Kier alpha value is -1.84. The topological polar surface area (TPSA) is 97.0 Å². The van der Waals surface area contributed by atoms with Gasteiger partial charge in [-0.25, -0.2) is 8.42 Å². The van der Waals surface area contributed by atoms with Crippen molar-refractivity contribution in [3.8, 4) is 5.75 Å². The van der Waals surface area contributed by atoms with Crippen molar-refractivity contribution in [3.63, 3.8) is 0 Å². The van der Waals surface area contributed by atoms with Crippen LogP contribution in [0.25, 0.3) is 0 Å². The van der Waals surface area contributed by atoms with E-state index in [1.54, 1.807) is 37.3 Å². The van der Waals surface area contributed by atoms with Crippen LogP contribution in [0, 0.1) is 5.92 Å². The minimum Gasteiger partial charge on any atom is -0.491 e. The Labute approximate surface area is 192 Å². The van der Waals surface area contributed by atoms with Gasteiger partial charge in [-0.05, 0) is 37.8 Å². The predicted octanol–water partition coefficient (Wildman–Crippen LogP) is 2.85. The molecular formula is C23H37N3O5S. The van der Waals surface area contributed by atoms with Crippen LogP contribution < -0.4 is 14.8 Å². The van der Waals surface area contributed by atoms with Gasteiger partial charge in [0.15, 0.2) is 0 Å². The first-order valence-electron chi connectivity index (χ1n) is 11.5. The number of benzene rings is 1. The van der Waals surface area contributed by atoms with Gasteiger partial charge < -0.3 is 19.7 Å². The summed E-state index contributed by atoms with van der Waals surface area (Å²) in [5.41, 5.74) is 0.823. The number of ether oxygens (including phenoxy) is 2. The van der Waals surface area contributed by atoms with Gasteiger partial charge in [0, 0.05) is 39.4 Å². The van der Waals surface area contributed by atoms with Crippen molar-refractivity contribution in [1.82, 2.24) is 10.2 Å². The lowest BCUT2D eigenvalue weighted by atomic mass is 10.0. The van der Waals surface area contributed by atoms with Crippen LogP contribution in [0.2, 0.25) is 0 Å². The molecule has 1 aromatic rings. The number of methoxy groups -OCH3 is 1. The number of nitrogens with one attached hydrogen (secondary N) is 2. The second kappa shape index (κ2) is 10.9. The molecule has 1 saturated carbocycles. The van der Waals surface area contributed by atoms with Crippen LogP contribution in [0.4, 0.5) is 5.69 Å². The molecule has 0 aromatic heterocycles. The molecule has 1 aliphatic heterocycles. The lowest BCUT2D eigenvalue weighted by Gasteiger charge is -2.30. The summed E-state index contributed by atoms with van der Waals surface area (Å²) in [5, 5.41) is 3.08. The first kappa shape index (κ1) is 24.8. The van der Waals surface area contributed by atoms with E-state index in [-0.39, 0.29) is 29.2 Å². The number of fused-ring (bicyclic) bond motifs is 1. The standard InChI is InChI=1S/C23H37N3O5S/c1-16-13-24-17(2)15-31-21-12-18(25-32(28,29)19-8-6-5-7-9-19)10-11-20(21)23(27)26(3)14-22(16)30-4/h10-12,16-17,19,22,24-25H,5-9,13-15H2,1-4H3/t16-,17+,22+/m0/s1. The molecule has 2 aliphatic rings. The number of rotatable bonds is 4. The predicted molar refractivity (Wildman–Crippen MR) is 126 cm³/mol. The number of likely N-dealkylation sites (N-methyl/N-ethyl adjacent to an activating group) is 1. The van der Waals surface area contributed by atoms with E-state index in [1.807, 2.05) is 6.92 Å². The van der Waals surface area contributed by atoms with E-state index in [0.29, 0.717) is 43.0 Å². The van der Waals surface area contributed by atoms with E-state index in [9.17, 15) is 13.2 Å². The fourth-order valence-corrected chi connectivity index (χ4v) is 5.92. The lowest BCUT2D eigenvalue weighted by molar-refractivity contribution is 0.0281. The third-order valence-electron chi connectivity index (χ3n) is 6.48. The Morgan fingerprint density at radius 3 is 2.59 bits per heavy atom. The number of hydrogen-bond acceptors (Lipinski definition) is 6. The third-order valence-corrected chi connectivity index (χ3v) is 8.35. The Morgan fingerprint density at radius 2 is 1.91 bits per heavy atom. The van der Waals surface area contributed by atoms with Crippen molar-refractivity contribution >= 4 is 21.6 Å². The zero-order chi connectivity index (χ0) is 23.3. The molecule has 1 fully saturated rings. The van der Waals surface area contributed by atoms with Gasteiger partial charge in [-0.2, -0.15) is 0 Å². The molecule has 0 radical (unpaired) electrons. The van der Waals surface area contributed by atoms with Gasteiger partial charge in [0.2, 0.25) is 10.0 Å². The van der Waals surface area contributed by atoms with Gasteiger partial charge in [0.1, 0.15) is 12.4 Å². The lowest BCUT2D eigenvalue weighted by Crippen LogP contribution is -2.44. The summed E-state index contributed by atoms with van der Waals surface area (Å²) < 4.78 is 40.1. The summed E-state index contributed by atoms with van der Waals surface area (Å²) in [6.07, 6.45) is 4.22. The number of hydrogen-bond donors (Lipinski definition) is 2. The monoisotopic (exact) mass is 467 g/mol. The van der Waals surface area contributed by atoms with Crippen LogP contribution in [-0.2, 0) is 14.8 Å². The molecule has 3 atom stereocenters. The van der Waals surface area contributed by atoms with Gasteiger partial charge in [-0.3, -0.25) is 9.52 Å². The molecule has 1 heterocycles. The maximum atomic E-state index is 13.2. The molecule has 0 saturated heterocycles. The number of amides is 1. The van der Waals surface area contributed by atoms with Crippen molar-refractivity contribution in [2.45, 2.75) is 63.3 Å². The van der Waals surface area contributed by atoms with Crippen LogP contribution in [0.15, 0.2) is 18.2 Å². The van der Waals surface area contributed by atoms with Crippen molar-refractivity contribution in [2.75, 3.05) is 38.6 Å². The quantitative estimate of drug-likeness (QED) is 0.707. The number of nitrogens with zero attached hydrogens (tertiary/aromatic N) is 1. The zero-order valence-corrected chi connectivity index (χ0v) is 20.4. The summed E-state index contributed by atoms with van der Waals surface area (Å²) in [6.45, 7) is 5.65. The van der Waals surface area contributed by atoms with Gasteiger partial charge in [0.25, 0.3) is 5.91 Å². The SMILES string of the molecule is CO[C@@H]1CN(C)C(=O)c2ccc(NS(=O)(=O)C3CCCCC3)cc2OC[C@@H](C)NC[C@@H]1C. The minimum atomic E-state index is -3.48. The smallest absolute Gasteiger partial charge is 0.257 e. The van der Waals surface area contributed by atoms with Gasteiger partial charge in [-0.15, -0.1) is 0 Å². The molecule has 1 aliphatic carbocycles. The highest BCUT2D eigenvalue weighted by atomic mass is 32.2. The molecular weight excluding hydrogens is 430 g/mol. The minimum absolute atomic E-state index is 0.0534. The van der Waals surface area contributed by atoms with E-state index < -0.39 is 10.0 Å². The van der Waals surface area contributed by atoms with Gasteiger partial charge in [0.05, 0.1) is 22.6 Å². The van der Waals surface area contributed by atoms with Crippen LogP contribution in [0.1, 0.15) is 56.3 Å². The van der Waals surface area contributed by atoms with Crippen LogP contribution in [0.5, 0.6) is 5.75 Å². The highest BCUT2D eigenvalue weighted by Gasteiger charge is 2.29. The maximum absolute atomic E-state index is 13.2. The molecule has 0 bridgehead atoms. The number of anilines is 1. The molecule has 3 rings (SSSR count). The number of sulfonamides is 1. The third kappa shape index (κ3) is 6.14. The molecule has 32 heavy (non-hydrogen) atoms. The van der Waals surface area contributed by atoms with Crippen molar-refractivity contribution in [2.24, 2.45) is 5.92 Å². The molecule has 2 N–H and O–H groups in total. The number of carbonyl (C=O) groups is 1.